The minimum Gasteiger partial charge on any atom is -0.336 e. The summed E-state index contributed by atoms with van der Waals surface area (Å²) in [5.41, 5.74) is 5.22. The predicted molar refractivity (Wildman–Crippen MR) is 88.7 cm³/mol. The van der Waals surface area contributed by atoms with E-state index in [1.54, 1.807) is 11.8 Å². The molecule has 0 saturated carbocycles. The molecule has 1 aromatic carbocycles. The number of aromatic nitrogens is 2. The normalized spacial score (nSPS) is 10.8. The number of hydrogen-bond donors (Lipinski definition) is 0. The summed E-state index contributed by atoms with van der Waals surface area (Å²) in [5.74, 6) is 1.01. The third kappa shape index (κ3) is 3.56. The number of amides is 1. The molecule has 1 aromatic heterocycles. The summed E-state index contributed by atoms with van der Waals surface area (Å²) in [6, 6.07) is 4.43. The van der Waals surface area contributed by atoms with Crippen LogP contribution in [0.25, 0.3) is 0 Å². The van der Waals surface area contributed by atoms with Gasteiger partial charge < -0.3 is 9.47 Å². The number of aryl methyl sites for hydroxylation is 3. The maximum Gasteiger partial charge on any atom is 0.219 e. The Kier molecular flexibility index (Phi) is 5.01. The molecule has 1 amide bonds. The van der Waals surface area contributed by atoms with E-state index in [4.69, 9.17) is 0 Å². The summed E-state index contributed by atoms with van der Waals surface area (Å²) in [6.07, 6.45) is 3.80. The number of carbonyl (C=O) groups excluding carboxylic acids is 1. The Morgan fingerprint density at radius 2 is 1.86 bits per heavy atom. The van der Waals surface area contributed by atoms with Gasteiger partial charge in [0, 0.05) is 32.4 Å². The smallest absolute Gasteiger partial charge is 0.219 e. The largest absolute Gasteiger partial charge is 0.336 e. The fraction of sp³-hybridized carbons (Fsp3) is 0.444. The molecule has 0 saturated heterocycles. The lowest BCUT2D eigenvalue weighted by Gasteiger charge is -2.20. The molecule has 0 fully saturated rings. The molecule has 0 bridgehead atoms. The van der Waals surface area contributed by atoms with E-state index in [2.05, 4.69) is 42.5 Å². The Morgan fingerprint density at radius 1 is 1.23 bits per heavy atom. The molecular formula is C18H25N3O. The number of imidazole rings is 1. The van der Waals surface area contributed by atoms with Crippen LogP contribution in [0.3, 0.4) is 0 Å². The van der Waals surface area contributed by atoms with Gasteiger partial charge in [0.25, 0.3) is 0 Å². The first-order chi connectivity index (χ1) is 10.4. The third-order valence-electron chi connectivity index (χ3n) is 4.13. The van der Waals surface area contributed by atoms with Crippen LogP contribution in [0, 0.1) is 20.8 Å². The van der Waals surface area contributed by atoms with Crippen molar-refractivity contribution in [1.29, 1.82) is 0 Å². The van der Waals surface area contributed by atoms with Gasteiger partial charge in [-0.15, -0.1) is 0 Å². The molecule has 0 aliphatic rings. The van der Waals surface area contributed by atoms with Crippen molar-refractivity contribution in [3.63, 3.8) is 0 Å². The van der Waals surface area contributed by atoms with Crippen molar-refractivity contribution in [2.45, 2.75) is 47.7 Å². The molecule has 4 heteroatoms. The van der Waals surface area contributed by atoms with E-state index in [0.29, 0.717) is 13.1 Å². The average molecular weight is 299 g/mol. The van der Waals surface area contributed by atoms with Crippen LogP contribution in [0.5, 0.6) is 0 Å². The van der Waals surface area contributed by atoms with E-state index in [1.165, 1.54) is 22.3 Å². The van der Waals surface area contributed by atoms with Crippen molar-refractivity contribution >= 4 is 5.91 Å². The number of rotatable bonds is 5. The molecule has 1 heterocycles. The zero-order valence-electron chi connectivity index (χ0n) is 14.2. The van der Waals surface area contributed by atoms with E-state index in [-0.39, 0.29) is 5.91 Å². The van der Waals surface area contributed by atoms with E-state index in [9.17, 15) is 4.79 Å². The second kappa shape index (κ2) is 6.77. The van der Waals surface area contributed by atoms with Gasteiger partial charge in [-0.1, -0.05) is 17.7 Å². The van der Waals surface area contributed by atoms with Crippen molar-refractivity contribution in [3.8, 4) is 0 Å². The molecule has 22 heavy (non-hydrogen) atoms. The molecule has 0 unspecified atom stereocenters. The van der Waals surface area contributed by atoms with Gasteiger partial charge in [-0.05, 0) is 44.4 Å². The topological polar surface area (TPSA) is 38.1 Å². The standard InChI is InChI=1S/C18H25N3O/c1-6-20(16(5)22)12-18-19-7-8-21(18)11-17-14(3)9-13(2)10-15(17)4/h7-10H,6,11-12H2,1-5H3. The van der Waals surface area contributed by atoms with Gasteiger partial charge in [-0.3, -0.25) is 4.79 Å². The van der Waals surface area contributed by atoms with Gasteiger partial charge in [0.2, 0.25) is 5.91 Å². The highest BCUT2D eigenvalue weighted by Gasteiger charge is 2.13. The molecule has 0 atom stereocenters. The highest BCUT2D eigenvalue weighted by Crippen LogP contribution is 2.18. The van der Waals surface area contributed by atoms with Crippen LogP contribution in [0.2, 0.25) is 0 Å². The number of carbonyl (C=O) groups is 1. The van der Waals surface area contributed by atoms with E-state index < -0.39 is 0 Å². The molecule has 4 nitrogen and oxygen atoms in total. The minimum atomic E-state index is 0.0831. The number of benzene rings is 1. The van der Waals surface area contributed by atoms with Crippen molar-refractivity contribution in [2.75, 3.05) is 6.54 Å². The second-order valence-corrected chi connectivity index (χ2v) is 5.88. The van der Waals surface area contributed by atoms with E-state index in [0.717, 1.165) is 12.4 Å². The molecule has 0 spiro atoms. The molecular weight excluding hydrogens is 274 g/mol. The quantitative estimate of drug-likeness (QED) is 0.850. The van der Waals surface area contributed by atoms with Crippen molar-refractivity contribution in [1.82, 2.24) is 14.5 Å². The van der Waals surface area contributed by atoms with Gasteiger partial charge in [-0.25, -0.2) is 4.98 Å². The van der Waals surface area contributed by atoms with Gasteiger partial charge in [0.05, 0.1) is 6.54 Å². The SMILES string of the molecule is CCN(Cc1nccn1Cc1c(C)cc(C)cc1C)C(C)=O. The van der Waals surface area contributed by atoms with E-state index in [1.807, 2.05) is 19.3 Å². The predicted octanol–water partition coefficient (Wildman–Crippen LogP) is 3.23. The Bertz CT molecular complexity index is 650. The number of hydrogen-bond acceptors (Lipinski definition) is 2. The molecule has 118 valence electrons. The Morgan fingerprint density at radius 3 is 2.41 bits per heavy atom. The highest BCUT2D eigenvalue weighted by atomic mass is 16.2. The first-order valence-electron chi connectivity index (χ1n) is 7.74. The molecule has 0 aliphatic heterocycles. The van der Waals surface area contributed by atoms with Crippen LogP contribution < -0.4 is 0 Å². The first-order valence-corrected chi connectivity index (χ1v) is 7.74. The minimum absolute atomic E-state index is 0.0831. The Hall–Kier alpha value is -2.10. The summed E-state index contributed by atoms with van der Waals surface area (Å²) in [4.78, 5) is 17.8. The molecule has 2 aromatic rings. The zero-order valence-corrected chi connectivity index (χ0v) is 14.2. The molecule has 0 N–H and O–H groups in total. The summed E-state index contributed by atoms with van der Waals surface area (Å²) < 4.78 is 2.14. The highest BCUT2D eigenvalue weighted by molar-refractivity contribution is 5.73. The van der Waals surface area contributed by atoms with Gasteiger partial charge in [0.1, 0.15) is 5.82 Å². The van der Waals surface area contributed by atoms with Crippen molar-refractivity contribution in [3.05, 3.63) is 52.6 Å². The van der Waals surface area contributed by atoms with E-state index >= 15 is 0 Å². The Labute approximate surface area is 132 Å². The lowest BCUT2D eigenvalue weighted by molar-refractivity contribution is -0.129. The average Bonchev–Trinajstić information content (AvgIpc) is 2.86. The second-order valence-electron chi connectivity index (χ2n) is 5.88. The summed E-state index contributed by atoms with van der Waals surface area (Å²) in [5, 5.41) is 0. The van der Waals surface area contributed by atoms with Gasteiger partial charge >= 0.3 is 0 Å². The third-order valence-corrected chi connectivity index (χ3v) is 4.13. The fourth-order valence-electron chi connectivity index (χ4n) is 2.88. The Balaban J connectivity index is 2.25. The zero-order chi connectivity index (χ0) is 16.3. The van der Waals surface area contributed by atoms with Crippen LogP contribution in [-0.2, 0) is 17.9 Å². The summed E-state index contributed by atoms with van der Waals surface area (Å²) >= 11 is 0. The summed E-state index contributed by atoms with van der Waals surface area (Å²) in [6.45, 7) is 12.1. The maximum atomic E-state index is 11.6. The van der Waals surface area contributed by atoms with Gasteiger partial charge in [0.15, 0.2) is 0 Å². The lowest BCUT2D eigenvalue weighted by Crippen LogP contribution is -2.29. The monoisotopic (exact) mass is 299 g/mol. The van der Waals surface area contributed by atoms with Crippen LogP contribution in [-0.4, -0.2) is 26.9 Å². The van der Waals surface area contributed by atoms with Crippen molar-refractivity contribution < 1.29 is 4.79 Å². The van der Waals surface area contributed by atoms with Crippen molar-refractivity contribution in [2.24, 2.45) is 0 Å². The van der Waals surface area contributed by atoms with Crippen LogP contribution in [0.15, 0.2) is 24.5 Å². The van der Waals surface area contributed by atoms with Crippen LogP contribution in [0.4, 0.5) is 0 Å². The summed E-state index contributed by atoms with van der Waals surface area (Å²) in [7, 11) is 0. The molecule has 0 radical (unpaired) electrons. The maximum absolute atomic E-state index is 11.6. The first kappa shape index (κ1) is 16.3. The van der Waals surface area contributed by atoms with Crippen LogP contribution in [0.1, 0.15) is 41.9 Å². The van der Waals surface area contributed by atoms with Gasteiger partial charge in [-0.2, -0.15) is 0 Å². The number of nitrogens with zero attached hydrogens (tertiary/aromatic N) is 3. The lowest BCUT2D eigenvalue weighted by atomic mass is 10.00. The van der Waals surface area contributed by atoms with Crippen LogP contribution >= 0.6 is 0 Å². The fourth-order valence-corrected chi connectivity index (χ4v) is 2.88. The molecule has 2 rings (SSSR count). The molecule has 0 aliphatic carbocycles.